The first kappa shape index (κ1) is 12.2. The lowest BCUT2D eigenvalue weighted by Crippen LogP contribution is -2.50. The van der Waals surface area contributed by atoms with Crippen molar-refractivity contribution in [3.63, 3.8) is 0 Å². The van der Waals surface area contributed by atoms with Gasteiger partial charge in [0.2, 0.25) is 0 Å². The molecule has 18 heavy (non-hydrogen) atoms. The van der Waals surface area contributed by atoms with Crippen molar-refractivity contribution in [2.75, 3.05) is 26.2 Å². The number of aryl methyl sites for hydroxylation is 1. The smallest absolute Gasteiger partial charge is 0.0167 e. The van der Waals surface area contributed by atoms with Crippen LogP contribution >= 0.6 is 0 Å². The van der Waals surface area contributed by atoms with Crippen LogP contribution in [0.25, 0.3) is 0 Å². The topological polar surface area (TPSA) is 15.3 Å². The Labute approximate surface area is 110 Å². The maximum atomic E-state index is 3.53. The van der Waals surface area contributed by atoms with Crippen molar-refractivity contribution in [1.82, 2.24) is 10.2 Å². The highest BCUT2D eigenvalue weighted by molar-refractivity contribution is 5.32. The maximum Gasteiger partial charge on any atom is 0.0167 e. The third kappa shape index (κ3) is 2.60. The standard InChI is InChI=1S/C16H24N2/c1-13-11-18(10-9-17-13)12-15-7-4-6-14-5-2-3-8-16(14)15/h2-3,5,8,13,15,17H,4,6-7,9-12H2,1H3. The number of benzene rings is 1. The number of rotatable bonds is 2. The summed E-state index contributed by atoms with van der Waals surface area (Å²) in [6, 6.07) is 9.72. The molecular weight excluding hydrogens is 220 g/mol. The van der Waals surface area contributed by atoms with Crippen LogP contribution in [-0.2, 0) is 6.42 Å². The second-order valence-corrected chi connectivity index (χ2v) is 5.90. The van der Waals surface area contributed by atoms with E-state index in [2.05, 4.69) is 41.4 Å². The number of fused-ring (bicyclic) bond motifs is 1. The fourth-order valence-electron chi connectivity index (χ4n) is 3.53. The minimum absolute atomic E-state index is 0.651. The molecule has 98 valence electrons. The van der Waals surface area contributed by atoms with Crippen LogP contribution in [0.5, 0.6) is 0 Å². The molecule has 2 aliphatic rings. The van der Waals surface area contributed by atoms with Crippen LogP contribution in [0.4, 0.5) is 0 Å². The van der Waals surface area contributed by atoms with E-state index in [1.807, 2.05) is 0 Å². The van der Waals surface area contributed by atoms with Crippen molar-refractivity contribution in [3.8, 4) is 0 Å². The van der Waals surface area contributed by atoms with Gasteiger partial charge in [-0.1, -0.05) is 24.3 Å². The highest BCUT2D eigenvalue weighted by Gasteiger charge is 2.24. The summed E-state index contributed by atoms with van der Waals surface area (Å²) in [4.78, 5) is 2.65. The molecule has 2 heteroatoms. The molecule has 2 unspecified atom stereocenters. The first-order valence-corrected chi connectivity index (χ1v) is 7.36. The largest absolute Gasteiger partial charge is 0.312 e. The van der Waals surface area contributed by atoms with Crippen LogP contribution in [0.3, 0.4) is 0 Å². The van der Waals surface area contributed by atoms with Crippen molar-refractivity contribution in [2.45, 2.75) is 38.1 Å². The van der Waals surface area contributed by atoms with E-state index in [1.165, 1.54) is 38.9 Å². The summed E-state index contributed by atoms with van der Waals surface area (Å²) in [5, 5.41) is 3.53. The summed E-state index contributed by atoms with van der Waals surface area (Å²) >= 11 is 0. The van der Waals surface area contributed by atoms with E-state index < -0.39 is 0 Å². The Balaban J connectivity index is 1.70. The van der Waals surface area contributed by atoms with Crippen molar-refractivity contribution < 1.29 is 0 Å². The van der Waals surface area contributed by atoms with Gasteiger partial charge in [-0.15, -0.1) is 0 Å². The van der Waals surface area contributed by atoms with Gasteiger partial charge in [0.25, 0.3) is 0 Å². The molecule has 0 aromatic heterocycles. The molecule has 1 aliphatic carbocycles. The zero-order valence-electron chi connectivity index (χ0n) is 11.4. The van der Waals surface area contributed by atoms with Crippen molar-refractivity contribution in [3.05, 3.63) is 35.4 Å². The Morgan fingerprint density at radius 2 is 2.22 bits per heavy atom. The molecule has 2 nitrogen and oxygen atoms in total. The van der Waals surface area contributed by atoms with Gasteiger partial charge in [-0.2, -0.15) is 0 Å². The molecule has 1 aromatic carbocycles. The normalized spacial score (nSPS) is 28.9. The van der Waals surface area contributed by atoms with E-state index in [0.29, 0.717) is 6.04 Å². The van der Waals surface area contributed by atoms with Gasteiger partial charge in [-0.05, 0) is 43.2 Å². The third-order valence-corrected chi connectivity index (χ3v) is 4.43. The molecule has 1 N–H and O–H groups in total. The molecule has 1 aliphatic heterocycles. The Kier molecular flexibility index (Phi) is 3.67. The van der Waals surface area contributed by atoms with Gasteiger partial charge in [0.05, 0.1) is 0 Å². The molecule has 3 rings (SSSR count). The predicted octanol–water partition coefficient (Wildman–Crippen LogP) is 2.40. The first-order valence-electron chi connectivity index (χ1n) is 7.36. The lowest BCUT2D eigenvalue weighted by atomic mass is 9.82. The van der Waals surface area contributed by atoms with Gasteiger partial charge in [0, 0.05) is 32.2 Å². The van der Waals surface area contributed by atoms with Crippen molar-refractivity contribution in [1.29, 1.82) is 0 Å². The van der Waals surface area contributed by atoms with Crippen LogP contribution in [0.1, 0.15) is 36.8 Å². The predicted molar refractivity (Wildman–Crippen MR) is 76.0 cm³/mol. The minimum atomic E-state index is 0.651. The van der Waals surface area contributed by atoms with Crippen LogP contribution in [-0.4, -0.2) is 37.1 Å². The average molecular weight is 244 g/mol. The van der Waals surface area contributed by atoms with E-state index in [9.17, 15) is 0 Å². The number of piperazine rings is 1. The van der Waals surface area contributed by atoms with Gasteiger partial charge in [0.15, 0.2) is 0 Å². The third-order valence-electron chi connectivity index (χ3n) is 4.43. The van der Waals surface area contributed by atoms with Gasteiger partial charge >= 0.3 is 0 Å². The number of hydrogen-bond donors (Lipinski definition) is 1. The van der Waals surface area contributed by atoms with Gasteiger partial charge in [-0.3, -0.25) is 4.90 Å². The molecule has 1 saturated heterocycles. The Morgan fingerprint density at radius 1 is 1.33 bits per heavy atom. The Bertz CT molecular complexity index is 402. The van der Waals surface area contributed by atoms with Crippen molar-refractivity contribution in [2.24, 2.45) is 0 Å². The molecule has 0 saturated carbocycles. The van der Waals surface area contributed by atoms with Crippen LogP contribution in [0.15, 0.2) is 24.3 Å². The van der Waals surface area contributed by atoms with E-state index in [4.69, 9.17) is 0 Å². The summed E-state index contributed by atoms with van der Waals surface area (Å²) in [5.74, 6) is 0.764. The summed E-state index contributed by atoms with van der Waals surface area (Å²) in [7, 11) is 0. The monoisotopic (exact) mass is 244 g/mol. The summed E-state index contributed by atoms with van der Waals surface area (Å²) < 4.78 is 0. The zero-order valence-corrected chi connectivity index (χ0v) is 11.4. The van der Waals surface area contributed by atoms with E-state index in [0.717, 1.165) is 12.5 Å². The van der Waals surface area contributed by atoms with E-state index >= 15 is 0 Å². The lowest BCUT2D eigenvalue weighted by Gasteiger charge is -2.36. The number of hydrogen-bond acceptors (Lipinski definition) is 2. The molecule has 2 atom stereocenters. The summed E-state index contributed by atoms with van der Waals surface area (Å²) in [6.45, 7) is 7.11. The molecule has 0 radical (unpaired) electrons. The lowest BCUT2D eigenvalue weighted by molar-refractivity contribution is 0.191. The molecule has 0 amide bonds. The highest BCUT2D eigenvalue weighted by Crippen LogP contribution is 2.32. The average Bonchev–Trinajstić information content (AvgIpc) is 2.39. The quantitative estimate of drug-likeness (QED) is 0.859. The van der Waals surface area contributed by atoms with Crippen LogP contribution in [0.2, 0.25) is 0 Å². The van der Waals surface area contributed by atoms with Crippen LogP contribution < -0.4 is 5.32 Å². The summed E-state index contributed by atoms with van der Waals surface area (Å²) in [6.07, 6.45) is 4.02. The van der Waals surface area contributed by atoms with Crippen LogP contribution in [0, 0.1) is 0 Å². The molecule has 1 aromatic rings. The Morgan fingerprint density at radius 3 is 3.11 bits per heavy atom. The highest BCUT2D eigenvalue weighted by atomic mass is 15.2. The number of nitrogens with zero attached hydrogens (tertiary/aromatic N) is 1. The van der Waals surface area contributed by atoms with E-state index in [1.54, 1.807) is 11.1 Å². The minimum Gasteiger partial charge on any atom is -0.312 e. The first-order chi connectivity index (χ1) is 8.83. The Hall–Kier alpha value is -0.860. The second-order valence-electron chi connectivity index (χ2n) is 5.90. The van der Waals surface area contributed by atoms with Gasteiger partial charge in [-0.25, -0.2) is 0 Å². The SMILES string of the molecule is CC1CN(CC2CCCc3ccccc32)CCN1. The molecule has 1 fully saturated rings. The number of nitrogens with one attached hydrogen (secondary N) is 1. The maximum absolute atomic E-state index is 3.53. The molecule has 1 heterocycles. The second kappa shape index (κ2) is 5.41. The fraction of sp³-hybridized carbons (Fsp3) is 0.625. The fourth-order valence-corrected chi connectivity index (χ4v) is 3.53. The summed E-state index contributed by atoms with van der Waals surface area (Å²) in [5.41, 5.74) is 3.21. The van der Waals surface area contributed by atoms with Gasteiger partial charge in [0.1, 0.15) is 0 Å². The van der Waals surface area contributed by atoms with Crippen molar-refractivity contribution >= 4 is 0 Å². The van der Waals surface area contributed by atoms with E-state index in [-0.39, 0.29) is 0 Å². The van der Waals surface area contributed by atoms with Gasteiger partial charge < -0.3 is 5.32 Å². The molecular formula is C16H24N2. The molecule has 0 spiro atoms. The molecule has 0 bridgehead atoms. The zero-order chi connectivity index (χ0) is 12.4.